The van der Waals surface area contributed by atoms with Crippen LogP contribution in [0.15, 0.2) is 24.3 Å². The highest BCUT2D eigenvalue weighted by molar-refractivity contribution is 5.79. The van der Waals surface area contributed by atoms with Gasteiger partial charge in [0.1, 0.15) is 0 Å². The molecule has 1 atom stereocenters. The highest BCUT2D eigenvalue weighted by atomic mass is 16.1. The second kappa shape index (κ2) is 7.79. The summed E-state index contributed by atoms with van der Waals surface area (Å²) in [7, 11) is 0. The molecule has 1 amide bonds. The lowest BCUT2D eigenvalue weighted by Gasteiger charge is -2.23. The summed E-state index contributed by atoms with van der Waals surface area (Å²) in [5, 5.41) is 3.03. The molecule has 3 N–H and O–H groups in total. The molecule has 19 heavy (non-hydrogen) atoms. The van der Waals surface area contributed by atoms with E-state index in [-0.39, 0.29) is 11.9 Å². The van der Waals surface area contributed by atoms with Gasteiger partial charge in [0.05, 0.1) is 6.42 Å². The number of nitrogens with two attached hydrogens (primary N) is 1. The summed E-state index contributed by atoms with van der Waals surface area (Å²) >= 11 is 0. The fourth-order valence-corrected chi connectivity index (χ4v) is 2.13. The van der Waals surface area contributed by atoms with Crippen LogP contribution < -0.4 is 11.1 Å². The van der Waals surface area contributed by atoms with Gasteiger partial charge in [0.15, 0.2) is 0 Å². The minimum absolute atomic E-state index is 0.0465. The van der Waals surface area contributed by atoms with E-state index >= 15 is 0 Å². The van der Waals surface area contributed by atoms with Crippen LogP contribution in [0.25, 0.3) is 0 Å². The molecular formula is C15H25N3O. The molecule has 0 aliphatic rings. The predicted molar refractivity (Wildman–Crippen MR) is 80.0 cm³/mol. The molecular weight excluding hydrogens is 238 g/mol. The molecule has 0 aliphatic carbocycles. The molecule has 0 spiro atoms. The lowest BCUT2D eigenvalue weighted by atomic mass is 10.1. The Morgan fingerprint density at radius 3 is 2.63 bits per heavy atom. The van der Waals surface area contributed by atoms with Crippen LogP contribution >= 0.6 is 0 Å². The number of likely N-dealkylation sites (N-methyl/N-ethyl adjacent to an activating group) is 1. The van der Waals surface area contributed by atoms with Crippen molar-refractivity contribution in [1.82, 2.24) is 10.2 Å². The smallest absolute Gasteiger partial charge is 0.224 e. The molecule has 1 rings (SSSR count). The van der Waals surface area contributed by atoms with Crippen molar-refractivity contribution >= 4 is 11.6 Å². The van der Waals surface area contributed by atoms with Crippen molar-refractivity contribution < 1.29 is 4.79 Å². The third-order valence-electron chi connectivity index (χ3n) is 3.15. The topological polar surface area (TPSA) is 58.4 Å². The van der Waals surface area contributed by atoms with Crippen molar-refractivity contribution in [3.8, 4) is 0 Å². The van der Waals surface area contributed by atoms with Gasteiger partial charge in [-0.15, -0.1) is 0 Å². The molecule has 0 saturated carbocycles. The number of nitrogen functional groups attached to an aromatic ring is 1. The molecule has 0 aromatic heterocycles. The third-order valence-corrected chi connectivity index (χ3v) is 3.15. The molecule has 0 aliphatic heterocycles. The first-order valence-electron chi connectivity index (χ1n) is 6.91. The zero-order valence-electron chi connectivity index (χ0n) is 12.1. The highest BCUT2D eigenvalue weighted by Crippen LogP contribution is 2.07. The van der Waals surface area contributed by atoms with Crippen molar-refractivity contribution in [2.24, 2.45) is 0 Å². The Kier molecular flexibility index (Phi) is 6.36. The number of anilines is 1. The van der Waals surface area contributed by atoms with Gasteiger partial charge in [0, 0.05) is 18.3 Å². The zero-order valence-corrected chi connectivity index (χ0v) is 12.1. The quantitative estimate of drug-likeness (QED) is 0.736. The van der Waals surface area contributed by atoms with Crippen LogP contribution in [0.5, 0.6) is 0 Å². The molecule has 0 bridgehead atoms. The molecule has 4 heteroatoms. The van der Waals surface area contributed by atoms with Crippen molar-refractivity contribution in [3.05, 3.63) is 29.8 Å². The van der Waals surface area contributed by atoms with Gasteiger partial charge in [-0.25, -0.2) is 0 Å². The molecule has 4 nitrogen and oxygen atoms in total. The normalized spacial score (nSPS) is 12.4. The summed E-state index contributed by atoms with van der Waals surface area (Å²) in [5.74, 6) is 0.0465. The molecule has 106 valence electrons. The van der Waals surface area contributed by atoms with E-state index in [1.54, 1.807) is 0 Å². The molecule has 1 aromatic carbocycles. The van der Waals surface area contributed by atoms with Gasteiger partial charge in [-0.2, -0.15) is 0 Å². The standard InChI is InChI=1S/C15H25N3O/c1-4-18(5-2)11-12(3)17-15(19)10-13-7-6-8-14(16)9-13/h6-9,12H,4-5,10-11,16H2,1-3H3,(H,17,19). The summed E-state index contributed by atoms with van der Waals surface area (Å²) < 4.78 is 0. The van der Waals surface area contributed by atoms with Gasteiger partial charge >= 0.3 is 0 Å². The highest BCUT2D eigenvalue weighted by Gasteiger charge is 2.10. The molecule has 1 unspecified atom stereocenters. The number of benzene rings is 1. The van der Waals surface area contributed by atoms with Gasteiger partial charge in [-0.3, -0.25) is 4.79 Å². The number of nitrogens with zero attached hydrogens (tertiary/aromatic N) is 1. The Bertz CT molecular complexity index is 402. The first-order chi connectivity index (χ1) is 9.05. The number of rotatable bonds is 7. The summed E-state index contributed by atoms with van der Waals surface area (Å²) in [5.41, 5.74) is 7.35. The molecule has 0 heterocycles. The summed E-state index contributed by atoms with van der Waals surface area (Å²) in [6, 6.07) is 7.62. The Labute approximate surface area is 116 Å². The maximum absolute atomic E-state index is 11.9. The minimum Gasteiger partial charge on any atom is -0.399 e. The lowest BCUT2D eigenvalue weighted by molar-refractivity contribution is -0.121. The van der Waals surface area contributed by atoms with E-state index in [0.717, 1.165) is 25.2 Å². The monoisotopic (exact) mass is 263 g/mol. The Hall–Kier alpha value is -1.55. The van der Waals surface area contributed by atoms with Crippen LogP contribution in [-0.2, 0) is 11.2 Å². The van der Waals surface area contributed by atoms with Gasteiger partial charge in [0.2, 0.25) is 5.91 Å². The largest absolute Gasteiger partial charge is 0.399 e. The van der Waals surface area contributed by atoms with E-state index in [1.807, 2.05) is 31.2 Å². The van der Waals surface area contributed by atoms with Gasteiger partial charge in [-0.1, -0.05) is 26.0 Å². The summed E-state index contributed by atoms with van der Waals surface area (Å²) in [4.78, 5) is 14.2. The summed E-state index contributed by atoms with van der Waals surface area (Å²) in [6.45, 7) is 9.19. The first-order valence-corrected chi connectivity index (χ1v) is 6.91. The average molecular weight is 263 g/mol. The Morgan fingerprint density at radius 2 is 2.05 bits per heavy atom. The van der Waals surface area contributed by atoms with E-state index in [0.29, 0.717) is 12.1 Å². The number of hydrogen-bond donors (Lipinski definition) is 2. The van der Waals surface area contributed by atoms with E-state index < -0.39 is 0 Å². The van der Waals surface area contributed by atoms with Crippen molar-refractivity contribution in [2.75, 3.05) is 25.4 Å². The maximum Gasteiger partial charge on any atom is 0.224 e. The van der Waals surface area contributed by atoms with E-state index in [2.05, 4.69) is 24.1 Å². The van der Waals surface area contributed by atoms with Crippen molar-refractivity contribution in [2.45, 2.75) is 33.2 Å². The second-order valence-corrected chi connectivity index (χ2v) is 4.88. The lowest BCUT2D eigenvalue weighted by Crippen LogP contribution is -2.42. The number of amides is 1. The van der Waals surface area contributed by atoms with E-state index in [1.165, 1.54) is 0 Å². The number of nitrogens with one attached hydrogen (secondary N) is 1. The van der Waals surface area contributed by atoms with Crippen LogP contribution in [0, 0.1) is 0 Å². The fraction of sp³-hybridized carbons (Fsp3) is 0.533. The average Bonchev–Trinajstić information content (AvgIpc) is 2.35. The SMILES string of the molecule is CCN(CC)CC(C)NC(=O)Cc1cccc(N)c1. The summed E-state index contributed by atoms with van der Waals surface area (Å²) in [6.07, 6.45) is 0.383. The second-order valence-electron chi connectivity index (χ2n) is 4.88. The predicted octanol–water partition coefficient (Wildman–Crippen LogP) is 1.66. The van der Waals surface area contributed by atoms with Gasteiger partial charge in [-0.05, 0) is 37.7 Å². The minimum atomic E-state index is 0.0465. The molecule has 0 radical (unpaired) electrons. The van der Waals surface area contributed by atoms with Crippen LogP contribution in [0.3, 0.4) is 0 Å². The molecule has 0 saturated heterocycles. The van der Waals surface area contributed by atoms with Crippen molar-refractivity contribution in [1.29, 1.82) is 0 Å². The van der Waals surface area contributed by atoms with Gasteiger partial charge < -0.3 is 16.0 Å². The third kappa shape index (κ3) is 5.75. The van der Waals surface area contributed by atoms with Crippen LogP contribution in [-0.4, -0.2) is 36.5 Å². The zero-order chi connectivity index (χ0) is 14.3. The number of hydrogen-bond acceptors (Lipinski definition) is 3. The maximum atomic E-state index is 11.9. The molecule has 0 fully saturated rings. The first kappa shape index (κ1) is 15.5. The Morgan fingerprint density at radius 1 is 1.37 bits per heavy atom. The Balaban J connectivity index is 2.42. The van der Waals surface area contributed by atoms with Gasteiger partial charge in [0.25, 0.3) is 0 Å². The van der Waals surface area contributed by atoms with E-state index in [9.17, 15) is 4.79 Å². The van der Waals surface area contributed by atoms with Crippen LogP contribution in [0.4, 0.5) is 5.69 Å². The van der Waals surface area contributed by atoms with Crippen LogP contribution in [0.2, 0.25) is 0 Å². The number of carbonyl (C=O) groups is 1. The number of carbonyl (C=O) groups excluding carboxylic acids is 1. The fourth-order valence-electron chi connectivity index (χ4n) is 2.13. The van der Waals surface area contributed by atoms with Crippen molar-refractivity contribution in [3.63, 3.8) is 0 Å². The van der Waals surface area contributed by atoms with E-state index in [4.69, 9.17) is 5.73 Å². The molecule has 1 aromatic rings. The van der Waals surface area contributed by atoms with Crippen LogP contribution in [0.1, 0.15) is 26.3 Å².